The third-order valence-electron chi connectivity index (χ3n) is 4.22. The average molecular weight is 285 g/mol. The molecule has 1 saturated carbocycles. The van der Waals surface area contributed by atoms with E-state index in [9.17, 15) is 9.90 Å². The lowest BCUT2D eigenvalue weighted by Gasteiger charge is -2.36. The molecule has 1 heterocycles. The Kier molecular flexibility index (Phi) is 3.84. The normalized spacial score (nSPS) is 17.6. The SMILES string of the molecule is O=C(NC1(CO)CCCCC1)c1ccc2nccnc2c1. The molecule has 0 radical (unpaired) electrons. The molecular weight excluding hydrogens is 266 g/mol. The zero-order valence-electron chi connectivity index (χ0n) is 11.9. The Morgan fingerprint density at radius 3 is 2.57 bits per heavy atom. The summed E-state index contributed by atoms with van der Waals surface area (Å²) in [4.78, 5) is 20.9. The van der Waals surface area contributed by atoms with E-state index >= 15 is 0 Å². The Morgan fingerprint density at radius 2 is 1.86 bits per heavy atom. The second-order valence-corrected chi connectivity index (χ2v) is 5.71. The van der Waals surface area contributed by atoms with Crippen molar-refractivity contribution in [2.45, 2.75) is 37.6 Å². The molecule has 3 rings (SSSR count). The highest BCUT2D eigenvalue weighted by Gasteiger charge is 2.33. The molecule has 5 heteroatoms. The first kappa shape index (κ1) is 13.9. The first-order chi connectivity index (χ1) is 10.2. The van der Waals surface area contributed by atoms with E-state index in [-0.39, 0.29) is 12.5 Å². The Bertz CT molecular complexity index is 651. The number of hydrogen-bond acceptors (Lipinski definition) is 4. The van der Waals surface area contributed by atoms with Crippen molar-refractivity contribution in [1.82, 2.24) is 15.3 Å². The highest BCUT2D eigenvalue weighted by atomic mass is 16.3. The number of aliphatic hydroxyl groups excluding tert-OH is 1. The number of fused-ring (bicyclic) bond motifs is 1. The van der Waals surface area contributed by atoms with Gasteiger partial charge in [0.1, 0.15) is 0 Å². The number of carbonyl (C=O) groups excluding carboxylic acids is 1. The van der Waals surface area contributed by atoms with E-state index in [1.165, 1.54) is 6.42 Å². The van der Waals surface area contributed by atoms with Crippen LogP contribution in [0.1, 0.15) is 42.5 Å². The first-order valence-corrected chi connectivity index (χ1v) is 7.37. The van der Waals surface area contributed by atoms with Gasteiger partial charge in [-0.05, 0) is 31.0 Å². The molecule has 1 aliphatic carbocycles. The second-order valence-electron chi connectivity index (χ2n) is 5.71. The summed E-state index contributed by atoms with van der Waals surface area (Å²) >= 11 is 0. The van der Waals surface area contributed by atoms with Gasteiger partial charge >= 0.3 is 0 Å². The fourth-order valence-electron chi connectivity index (χ4n) is 2.97. The summed E-state index contributed by atoms with van der Waals surface area (Å²) in [7, 11) is 0. The molecule has 1 fully saturated rings. The number of benzene rings is 1. The predicted molar refractivity (Wildman–Crippen MR) is 79.9 cm³/mol. The van der Waals surface area contributed by atoms with Crippen LogP contribution in [0, 0.1) is 0 Å². The zero-order chi connectivity index (χ0) is 14.7. The van der Waals surface area contributed by atoms with Crippen molar-refractivity contribution in [2.24, 2.45) is 0 Å². The van der Waals surface area contributed by atoms with Crippen LogP contribution in [0.3, 0.4) is 0 Å². The summed E-state index contributed by atoms with van der Waals surface area (Å²) in [6, 6.07) is 5.29. The third kappa shape index (κ3) is 2.88. The molecule has 0 unspecified atom stereocenters. The third-order valence-corrected chi connectivity index (χ3v) is 4.22. The topological polar surface area (TPSA) is 75.1 Å². The Labute approximate surface area is 123 Å². The molecule has 0 atom stereocenters. The van der Waals surface area contributed by atoms with Crippen molar-refractivity contribution >= 4 is 16.9 Å². The van der Waals surface area contributed by atoms with E-state index in [4.69, 9.17) is 0 Å². The molecule has 2 N–H and O–H groups in total. The molecule has 2 aromatic rings. The summed E-state index contributed by atoms with van der Waals surface area (Å²) in [6.45, 7) is -0.00781. The lowest BCUT2D eigenvalue weighted by molar-refractivity contribution is 0.0758. The van der Waals surface area contributed by atoms with Gasteiger partial charge in [-0.1, -0.05) is 19.3 Å². The number of hydrogen-bond donors (Lipinski definition) is 2. The number of aliphatic hydroxyl groups is 1. The molecule has 1 aromatic carbocycles. The van der Waals surface area contributed by atoms with Crippen molar-refractivity contribution in [2.75, 3.05) is 6.61 Å². The summed E-state index contributed by atoms with van der Waals surface area (Å²) in [5.41, 5.74) is 1.56. The van der Waals surface area contributed by atoms with Gasteiger partial charge in [0, 0.05) is 18.0 Å². The summed E-state index contributed by atoms with van der Waals surface area (Å²) in [6.07, 6.45) is 8.17. The van der Waals surface area contributed by atoms with Gasteiger partial charge in [0.15, 0.2) is 0 Å². The molecule has 0 aliphatic heterocycles. The second kappa shape index (κ2) is 5.77. The minimum atomic E-state index is -0.466. The fourth-order valence-corrected chi connectivity index (χ4v) is 2.97. The van der Waals surface area contributed by atoms with E-state index in [1.807, 2.05) is 0 Å². The Morgan fingerprint density at radius 1 is 1.14 bits per heavy atom. The van der Waals surface area contributed by atoms with Gasteiger partial charge in [-0.25, -0.2) is 0 Å². The molecule has 1 aromatic heterocycles. The van der Waals surface area contributed by atoms with E-state index in [0.717, 1.165) is 31.2 Å². The van der Waals surface area contributed by atoms with Crippen LogP contribution in [0.2, 0.25) is 0 Å². The number of nitrogens with one attached hydrogen (secondary N) is 1. The van der Waals surface area contributed by atoms with Gasteiger partial charge < -0.3 is 10.4 Å². The quantitative estimate of drug-likeness (QED) is 0.905. The van der Waals surface area contributed by atoms with Crippen LogP contribution >= 0.6 is 0 Å². The van der Waals surface area contributed by atoms with E-state index < -0.39 is 5.54 Å². The first-order valence-electron chi connectivity index (χ1n) is 7.37. The van der Waals surface area contributed by atoms with Crippen LogP contribution in [-0.4, -0.2) is 33.1 Å². The van der Waals surface area contributed by atoms with Crippen molar-refractivity contribution in [3.8, 4) is 0 Å². The lowest BCUT2D eigenvalue weighted by Crippen LogP contribution is -2.52. The summed E-state index contributed by atoms with van der Waals surface area (Å²) in [5.74, 6) is -0.154. The van der Waals surface area contributed by atoms with Crippen LogP contribution in [0.25, 0.3) is 11.0 Å². The zero-order valence-corrected chi connectivity index (χ0v) is 11.9. The minimum absolute atomic E-state index is 0.00781. The smallest absolute Gasteiger partial charge is 0.251 e. The highest BCUT2D eigenvalue weighted by Crippen LogP contribution is 2.28. The number of carbonyl (C=O) groups is 1. The number of aromatic nitrogens is 2. The molecule has 1 amide bonds. The molecule has 0 spiro atoms. The standard InChI is InChI=1S/C16H19N3O2/c20-11-16(6-2-1-3-7-16)19-15(21)12-4-5-13-14(10-12)18-9-8-17-13/h4-5,8-10,20H,1-3,6-7,11H2,(H,19,21). The van der Waals surface area contributed by atoms with Crippen LogP contribution in [0.4, 0.5) is 0 Å². The maximum atomic E-state index is 12.5. The number of nitrogens with zero attached hydrogens (tertiary/aromatic N) is 2. The van der Waals surface area contributed by atoms with Crippen molar-refractivity contribution in [3.63, 3.8) is 0 Å². The maximum Gasteiger partial charge on any atom is 0.251 e. The van der Waals surface area contributed by atoms with Crippen LogP contribution < -0.4 is 5.32 Å². The van der Waals surface area contributed by atoms with Crippen molar-refractivity contribution in [1.29, 1.82) is 0 Å². The Balaban J connectivity index is 1.82. The molecule has 5 nitrogen and oxygen atoms in total. The monoisotopic (exact) mass is 285 g/mol. The van der Waals surface area contributed by atoms with Gasteiger partial charge in [-0.3, -0.25) is 14.8 Å². The lowest BCUT2D eigenvalue weighted by atomic mass is 9.82. The molecule has 0 saturated heterocycles. The van der Waals surface area contributed by atoms with E-state index in [0.29, 0.717) is 11.1 Å². The fraction of sp³-hybridized carbons (Fsp3) is 0.438. The van der Waals surface area contributed by atoms with E-state index in [1.54, 1.807) is 30.6 Å². The molecule has 1 aliphatic rings. The van der Waals surface area contributed by atoms with Crippen molar-refractivity contribution in [3.05, 3.63) is 36.2 Å². The van der Waals surface area contributed by atoms with Gasteiger partial charge in [0.25, 0.3) is 5.91 Å². The number of amides is 1. The summed E-state index contributed by atoms with van der Waals surface area (Å²) in [5, 5.41) is 12.7. The van der Waals surface area contributed by atoms with Gasteiger partial charge in [0.2, 0.25) is 0 Å². The van der Waals surface area contributed by atoms with Crippen LogP contribution in [0.5, 0.6) is 0 Å². The summed E-state index contributed by atoms with van der Waals surface area (Å²) < 4.78 is 0. The van der Waals surface area contributed by atoms with E-state index in [2.05, 4.69) is 15.3 Å². The number of rotatable bonds is 3. The molecule has 0 bridgehead atoms. The molecule has 110 valence electrons. The largest absolute Gasteiger partial charge is 0.394 e. The minimum Gasteiger partial charge on any atom is -0.394 e. The molecule has 21 heavy (non-hydrogen) atoms. The average Bonchev–Trinajstić information content (AvgIpc) is 2.55. The van der Waals surface area contributed by atoms with Gasteiger partial charge in [-0.2, -0.15) is 0 Å². The molecular formula is C16H19N3O2. The van der Waals surface area contributed by atoms with Gasteiger partial charge in [-0.15, -0.1) is 0 Å². The van der Waals surface area contributed by atoms with Crippen LogP contribution in [0.15, 0.2) is 30.6 Å². The van der Waals surface area contributed by atoms with Crippen molar-refractivity contribution < 1.29 is 9.90 Å². The maximum absolute atomic E-state index is 12.5. The highest BCUT2D eigenvalue weighted by molar-refractivity contribution is 5.97. The van der Waals surface area contributed by atoms with Crippen LogP contribution in [-0.2, 0) is 0 Å². The Hall–Kier alpha value is -2.01. The van der Waals surface area contributed by atoms with Gasteiger partial charge in [0.05, 0.1) is 23.2 Å². The predicted octanol–water partition coefficient (Wildman–Crippen LogP) is 2.05.